The van der Waals surface area contributed by atoms with Gasteiger partial charge in [0.25, 0.3) is 10.1 Å². The Morgan fingerprint density at radius 3 is 2.38 bits per heavy atom. The Balaban J connectivity index is 0.00000338. The van der Waals surface area contributed by atoms with Gasteiger partial charge in [0.15, 0.2) is 0 Å². The van der Waals surface area contributed by atoms with Gasteiger partial charge >= 0.3 is 29.6 Å². The predicted molar refractivity (Wildman–Crippen MR) is 94.7 cm³/mol. The number of hydrogen-bond acceptors (Lipinski definition) is 4. The zero-order chi connectivity index (χ0) is 18.3. The maximum absolute atomic E-state index is 11.5. The van der Waals surface area contributed by atoms with Gasteiger partial charge in [0.2, 0.25) is 0 Å². The first-order valence-electron chi connectivity index (χ1n) is 8.45. The molecule has 0 aromatic heterocycles. The van der Waals surface area contributed by atoms with Gasteiger partial charge in [0.05, 0.1) is 4.90 Å². The Hall–Kier alpha value is -1.05. The maximum atomic E-state index is 11.5. The van der Waals surface area contributed by atoms with E-state index in [1.807, 2.05) is 18.2 Å². The minimum Gasteiger partial charge on any atom is -0.872 e. The van der Waals surface area contributed by atoms with Crippen molar-refractivity contribution < 1.29 is 52.4 Å². The molecule has 0 heterocycles. The van der Waals surface area contributed by atoms with Gasteiger partial charge in [-0.2, -0.15) is 8.42 Å². The van der Waals surface area contributed by atoms with Crippen molar-refractivity contribution in [3.63, 3.8) is 0 Å². The molecule has 0 spiro atoms. The quantitative estimate of drug-likeness (QED) is 0.399. The molecule has 2 aromatic carbocycles. The van der Waals surface area contributed by atoms with Crippen molar-refractivity contribution in [1.82, 2.24) is 0 Å². The summed E-state index contributed by atoms with van der Waals surface area (Å²) >= 11 is 0. The van der Waals surface area contributed by atoms with Gasteiger partial charge in [-0.3, -0.25) is 4.55 Å². The van der Waals surface area contributed by atoms with E-state index in [0.29, 0.717) is 5.75 Å². The summed E-state index contributed by atoms with van der Waals surface area (Å²) in [6.45, 7) is 2.19. The normalized spacial score (nSPS) is 11.0. The molecule has 0 aliphatic rings. The molecule has 26 heavy (non-hydrogen) atoms. The van der Waals surface area contributed by atoms with E-state index < -0.39 is 20.8 Å². The fourth-order valence-electron chi connectivity index (χ4n) is 2.59. The van der Waals surface area contributed by atoms with E-state index in [9.17, 15) is 13.5 Å². The first kappa shape index (κ1) is 23.0. The minimum atomic E-state index is -4.57. The second kappa shape index (κ2) is 10.9. The number of aryl methyl sites for hydroxylation is 1. The second-order valence-corrected chi connectivity index (χ2v) is 7.39. The molecule has 7 heteroatoms. The van der Waals surface area contributed by atoms with Crippen LogP contribution in [0.1, 0.15) is 44.6 Å². The van der Waals surface area contributed by atoms with E-state index in [4.69, 9.17) is 9.29 Å². The smallest absolute Gasteiger partial charge is 0.872 e. The molecule has 0 atom stereocenters. The molecule has 1 N–H and O–H groups in total. The van der Waals surface area contributed by atoms with Gasteiger partial charge < -0.3 is 9.84 Å². The summed E-state index contributed by atoms with van der Waals surface area (Å²) in [6.07, 6.45) is 6.98. The van der Waals surface area contributed by atoms with Gasteiger partial charge in [0, 0.05) is 6.07 Å². The van der Waals surface area contributed by atoms with E-state index >= 15 is 0 Å². The molecule has 5 nitrogen and oxygen atoms in total. The standard InChI is InChI=1S/C19H24O5S.Na/c1-2-3-4-5-6-8-15-9-7-10-16(13-15)24-17-11-12-18(20)19(14-17)25(21,22)23;/h7,9-14,20H,2-6,8H2,1H3,(H,21,22,23);/q;+1/p-1. The summed E-state index contributed by atoms with van der Waals surface area (Å²) in [5.74, 6) is -0.0194. The summed E-state index contributed by atoms with van der Waals surface area (Å²) in [4.78, 5) is -0.683. The molecular weight excluding hydrogens is 363 g/mol. The Kier molecular flexibility index (Phi) is 9.68. The molecule has 0 radical (unpaired) electrons. The third-order valence-corrected chi connectivity index (χ3v) is 4.77. The van der Waals surface area contributed by atoms with Crippen LogP contribution in [0.3, 0.4) is 0 Å². The number of rotatable bonds is 9. The van der Waals surface area contributed by atoms with E-state index in [1.165, 1.54) is 31.7 Å². The van der Waals surface area contributed by atoms with Crippen LogP contribution < -0.4 is 39.4 Å². The van der Waals surface area contributed by atoms with Crippen molar-refractivity contribution in [2.45, 2.75) is 50.3 Å². The summed E-state index contributed by atoms with van der Waals surface area (Å²) in [7, 11) is -4.57. The first-order valence-corrected chi connectivity index (χ1v) is 9.89. The Bertz CT molecular complexity index is 805. The zero-order valence-electron chi connectivity index (χ0n) is 15.3. The fraction of sp³-hybridized carbons (Fsp3) is 0.368. The van der Waals surface area contributed by atoms with E-state index in [1.54, 1.807) is 6.07 Å². The molecule has 2 rings (SSSR count). The van der Waals surface area contributed by atoms with Gasteiger partial charge in [-0.15, -0.1) is 0 Å². The molecule has 0 bridgehead atoms. The van der Waals surface area contributed by atoms with E-state index in [2.05, 4.69) is 6.92 Å². The van der Waals surface area contributed by atoms with Gasteiger partial charge in [-0.1, -0.05) is 56.6 Å². The molecule has 0 aliphatic carbocycles. The number of benzene rings is 2. The number of unbranched alkanes of at least 4 members (excludes halogenated alkanes) is 4. The number of hydrogen-bond donors (Lipinski definition) is 1. The molecule has 0 saturated carbocycles. The average molecular weight is 386 g/mol. The van der Waals surface area contributed by atoms with Crippen molar-refractivity contribution >= 4 is 10.1 Å². The monoisotopic (exact) mass is 386 g/mol. The maximum Gasteiger partial charge on any atom is 1.00 e. The van der Waals surface area contributed by atoms with Crippen molar-refractivity contribution in [2.75, 3.05) is 0 Å². The summed E-state index contributed by atoms with van der Waals surface area (Å²) in [6, 6.07) is 11.1. The molecular formula is C19H23NaO5S. The van der Waals surface area contributed by atoms with Crippen LogP contribution in [-0.4, -0.2) is 13.0 Å². The molecule has 2 aromatic rings. The Morgan fingerprint density at radius 1 is 1.00 bits per heavy atom. The molecule has 0 amide bonds. The van der Waals surface area contributed by atoms with Crippen LogP contribution in [0, 0.1) is 0 Å². The van der Waals surface area contributed by atoms with Crippen LogP contribution in [0.15, 0.2) is 47.4 Å². The second-order valence-electron chi connectivity index (χ2n) is 6.00. The van der Waals surface area contributed by atoms with Crippen LogP contribution in [0.5, 0.6) is 17.2 Å². The van der Waals surface area contributed by atoms with Crippen LogP contribution in [0.25, 0.3) is 0 Å². The third kappa shape index (κ3) is 7.29. The van der Waals surface area contributed by atoms with Crippen molar-refractivity contribution in [3.05, 3.63) is 48.0 Å². The molecule has 0 fully saturated rings. The SMILES string of the molecule is CCCCCCCc1cccc(Oc2ccc([O-])c(S(=O)(=O)O)c2)c1.[Na+]. The van der Waals surface area contributed by atoms with Gasteiger partial charge in [-0.25, -0.2) is 0 Å². The third-order valence-electron chi connectivity index (χ3n) is 3.90. The largest absolute Gasteiger partial charge is 1.00 e. The van der Waals surface area contributed by atoms with Crippen LogP contribution in [-0.2, 0) is 16.5 Å². The summed E-state index contributed by atoms with van der Waals surface area (Å²) in [5.41, 5.74) is 1.14. The molecule has 0 saturated heterocycles. The van der Waals surface area contributed by atoms with Crippen LogP contribution in [0.2, 0.25) is 0 Å². The predicted octanol–water partition coefficient (Wildman–Crippen LogP) is 1.32. The van der Waals surface area contributed by atoms with E-state index in [0.717, 1.165) is 30.5 Å². The van der Waals surface area contributed by atoms with E-state index in [-0.39, 0.29) is 35.3 Å². The minimum absolute atomic E-state index is 0. The Labute approximate surface area is 177 Å². The van der Waals surface area contributed by atoms with Gasteiger partial charge in [0.1, 0.15) is 11.5 Å². The topological polar surface area (TPSA) is 86.7 Å². The van der Waals surface area contributed by atoms with Crippen molar-refractivity contribution in [3.8, 4) is 17.2 Å². The first-order chi connectivity index (χ1) is 11.9. The molecule has 0 aliphatic heterocycles. The molecule has 0 unspecified atom stereocenters. The summed E-state index contributed by atoms with van der Waals surface area (Å²) in [5, 5.41) is 11.5. The van der Waals surface area contributed by atoms with Crippen LogP contribution in [0.4, 0.5) is 0 Å². The van der Waals surface area contributed by atoms with Gasteiger partial charge in [-0.05, 0) is 36.6 Å². The van der Waals surface area contributed by atoms with Crippen molar-refractivity contribution in [1.29, 1.82) is 0 Å². The Morgan fingerprint density at radius 2 is 1.69 bits per heavy atom. The van der Waals surface area contributed by atoms with Crippen LogP contribution >= 0.6 is 0 Å². The van der Waals surface area contributed by atoms with Crippen molar-refractivity contribution in [2.24, 2.45) is 0 Å². The summed E-state index contributed by atoms with van der Waals surface area (Å²) < 4.78 is 37.1. The average Bonchev–Trinajstić information content (AvgIpc) is 2.56. The fourth-order valence-corrected chi connectivity index (χ4v) is 3.17. The zero-order valence-corrected chi connectivity index (χ0v) is 18.1. The molecule has 136 valence electrons. The number of ether oxygens (including phenoxy) is 1.